The molecule has 3 rings (SSSR count). The zero-order valence-electron chi connectivity index (χ0n) is 10.1. The summed E-state index contributed by atoms with van der Waals surface area (Å²) in [4.78, 5) is 14.5. The van der Waals surface area contributed by atoms with Crippen LogP contribution in [0, 0.1) is 10.1 Å². The molecule has 0 aromatic carbocycles. The van der Waals surface area contributed by atoms with Crippen LogP contribution in [0.4, 0.5) is 4.39 Å². The van der Waals surface area contributed by atoms with E-state index < -0.39 is 10.8 Å². The lowest BCUT2D eigenvalue weighted by molar-refractivity contribution is -0.427. The van der Waals surface area contributed by atoms with Crippen LogP contribution in [0.3, 0.4) is 0 Å². The predicted molar refractivity (Wildman–Crippen MR) is 71.3 cm³/mol. The normalized spacial score (nSPS) is 17.1. The lowest BCUT2D eigenvalue weighted by Gasteiger charge is -2.13. The van der Waals surface area contributed by atoms with Crippen molar-refractivity contribution < 1.29 is 14.4 Å². The molecule has 0 radical (unpaired) electrons. The van der Waals surface area contributed by atoms with Gasteiger partial charge in [0.1, 0.15) is 16.6 Å². The van der Waals surface area contributed by atoms with Crippen LogP contribution in [0.1, 0.15) is 17.7 Å². The molecule has 0 fully saturated rings. The number of allylic oxidation sites excluding steroid dienone is 3. The molecule has 0 saturated carbocycles. The lowest BCUT2D eigenvalue weighted by atomic mass is 10.0. The highest BCUT2D eigenvalue weighted by atomic mass is 35.5. The van der Waals surface area contributed by atoms with Gasteiger partial charge in [0.2, 0.25) is 0 Å². The minimum atomic E-state index is -0.547. The van der Waals surface area contributed by atoms with Crippen LogP contribution in [-0.4, -0.2) is 15.0 Å². The van der Waals surface area contributed by atoms with Crippen molar-refractivity contribution in [2.45, 2.75) is 12.8 Å². The second kappa shape index (κ2) is 4.42. The van der Waals surface area contributed by atoms with E-state index in [0.29, 0.717) is 10.9 Å². The Morgan fingerprint density at radius 3 is 2.85 bits per heavy atom. The van der Waals surface area contributed by atoms with E-state index in [1.165, 1.54) is 18.2 Å². The zero-order valence-corrected chi connectivity index (χ0v) is 10.8. The molecule has 20 heavy (non-hydrogen) atoms. The number of nitrogens with zero attached hydrogens (tertiary/aromatic N) is 2. The minimum Gasteiger partial charge on any atom is -0.510 e. The Morgan fingerprint density at radius 1 is 1.40 bits per heavy atom. The number of halogens is 2. The summed E-state index contributed by atoms with van der Waals surface area (Å²) >= 11 is 5.93. The number of aliphatic hydroxyl groups excluding tert-OH is 1. The van der Waals surface area contributed by atoms with Gasteiger partial charge in [-0.05, 0) is 17.7 Å². The number of aliphatic hydroxyl groups is 1. The number of hydrogen-bond donors (Lipinski definition) is 1. The summed E-state index contributed by atoms with van der Waals surface area (Å²) in [5.41, 5.74) is 0.764. The van der Waals surface area contributed by atoms with Crippen molar-refractivity contribution in [3.8, 4) is 0 Å². The summed E-state index contributed by atoms with van der Waals surface area (Å²) in [6.45, 7) is 0. The smallest absolute Gasteiger partial charge is 0.250 e. The van der Waals surface area contributed by atoms with E-state index in [1.807, 2.05) is 0 Å². The third-order valence-corrected chi connectivity index (χ3v) is 3.65. The summed E-state index contributed by atoms with van der Waals surface area (Å²) in [5.74, 6) is -0.809. The number of fused-ring (bicyclic) bond motifs is 2. The highest BCUT2D eigenvalue weighted by Crippen LogP contribution is 2.27. The molecule has 0 bridgehead atoms. The van der Waals surface area contributed by atoms with Crippen molar-refractivity contribution in [3.63, 3.8) is 0 Å². The number of hydrogen-bond acceptors (Lipinski definition) is 4. The van der Waals surface area contributed by atoms with Crippen molar-refractivity contribution in [1.82, 2.24) is 4.98 Å². The van der Waals surface area contributed by atoms with E-state index in [2.05, 4.69) is 4.98 Å². The van der Waals surface area contributed by atoms with Gasteiger partial charge in [0.05, 0.1) is 28.8 Å². The van der Waals surface area contributed by atoms with E-state index in [1.54, 1.807) is 0 Å². The largest absolute Gasteiger partial charge is 0.510 e. The molecule has 0 spiro atoms. The topological polar surface area (TPSA) is 76.3 Å². The van der Waals surface area contributed by atoms with E-state index in [0.717, 1.165) is 0 Å². The van der Waals surface area contributed by atoms with Gasteiger partial charge in [0.15, 0.2) is 0 Å². The Kier molecular flexibility index (Phi) is 2.83. The number of nitro groups is 1. The van der Waals surface area contributed by atoms with Crippen molar-refractivity contribution in [3.05, 3.63) is 55.5 Å². The van der Waals surface area contributed by atoms with Gasteiger partial charge < -0.3 is 5.11 Å². The third kappa shape index (κ3) is 1.89. The highest BCUT2D eigenvalue weighted by Gasteiger charge is 2.22. The number of aromatic nitrogens is 1. The van der Waals surface area contributed by atoms with E-state index in [-0.39, 0.29) is 40.2 Å². The fraction of sp³-hybridized carbons (Fsp3) is 0.154. The Bertz CT molecular complexity index is 827. The molecule has 0 saturated heterocycles. The third-order valence-electron chi connectivity index (χ3n) is 3.25. The van der Waals surface area contributed by atoms with Crippen LogP contribution < -0.4 is 10.6 Å². The first kappa shape index (κ1) is 12.8. The molecule has 1 N–H and O–H groups in total. The minimum absolute atomic E-state index is 0.0154. The van der Waals surface area contributed by atoms with E-state index in [4.69, 9.17) is 11.6 Å². The summed E-state index contributed by atoms with van der Waals surface area (Å²) < 4.78 is 13.9. The first-order chi connectivity index (χ1) is 9.47. The SMILES string of the molecule is O=[N+]([O-])C1=CC=c2nc3c(cc2C1)=C(F)CC(O)=C3Cl. The highest BCUT2D eigenvalue weighted by molar-refractivity contribution is 6.49. The van der Waals surface area contributed by atoms with Crippen LogP contribution >= 0.6 is 11.6 Å². The standard InChI is InChI=1S/C13H8ClFN2O3/c14-12-11(18)5-9(15)8-4-6-3-7(17(19)20)1-2-10(6)16-13(8)12/h1-2,4,18H,3,5H2. The molecule has 5 nitrogen and oxygen atoms in total. The summed E-state index contributed by atoms with van der Waals surface area (Å²) in [7, 11) is 0. The molecule has 2 aliphatic carbocycles. The maximum absolute atomic E-state index is 13.9. The van der Waals surface area contributed by atoms with Crippen LogP contribution in [-0.2, 0) is 6.42 Å². The zero-order chi connectivity index (χ0) is 14.4. The van der Waals surface area contributed by atoms with Crippen molar-refractivity contribution in [1.29, 1.82) is 0 Å². The Balaban J connectivity index is 2.27. The molecule has 0 unspecified atom stereocenters. The van der Waals surface area contributed by atoms with Crippen LogP contribution in [0.25, 0.3) is 16.9 Å². The van der Waals surface area contributed by atoms with Crippen molar-refractivity contribution in [2.24, 2.45) is 0 Å². The van der Waals surface area contributed by atoms with Gasteiger partial charge >= 0.3 is 0 Å². The molecule has 0 aliphatic heterocycles. The molecule has 0 amide bonds. The first-order valence-corrected chi connectivity index (χ1v) is 6.17. The summed E-state index contributed by atoms with van der Waals surface area (Å²) in [6.07, 6.45) is 2.65. The monoisotopic (exact) mass is 294 g/mol. The van der Waals surface area contributed by atoms with Crippen LogP contribution in [0.15, 0.2) is 23.6 Å². The van der Waals surface area contributed by atoms with Crippen molar-refractivity contribution in [2.75, 3.05) is 0 Å². The molecule has 2 aliphatic rings. The second-order valence-electron chi connectivity index (χ2n) is 4.53. The Labute approximate surface area is 117 Å². The maximum Gasteiger partial charge on any atom is 0.250 e. The fourth-order valence-electron chi connectivity index (χ4n) is 2.24. The van der Waals surface area contributed by atoms with Gasteiger partial charge in [-0.2, -0.15) is 0 Å². The van der Waals surface area contributed by atoms with Gasteiger partial charge in [-0.25, -0.2) is 9.37 Å². The molecule has 1 aromatic heterocycles. The molecule has 102 valence electrons. The molecule has 1 heterocycles. The van der Waals surface area contributed by atoms with Crippen LogP contribution in [0.5, 0.6) is 0 Å². The average Bonchev–Trinajstić information content (AvgIpc) is 2.42. The van der Waals surface area contributed by atoms with Crippen LogP contribution in [0.2, 0.25) is 0 Å². The predicted octanol–water partition coefficient (Wildman–Crippen LogP) is 1.53. The molecular weight excluding hydrogens is 287 g/mol. The van der Waals surface area contributed by atoms with Gasteiger partial charge in [0, 0.05) is 11.3 Å². The molecule has 0 atom stereocenters. The van der Waals surface area contributed by atoms with Gasteiger partial charge in [-0.1, -0.05) is 11.6 Å². The lowest BCUT2D eigenvalue weighted by Crippen LogP contribution is -2.29. The number of pyridine rings is 1. The molecule has 1 aromatic rings. The average molecular weight is 295 g/mol. The Morgan fingerprint density at radius 2 is 2.15 bits per heavy atom. The molecule has 7 heteroatoms. The first-order valence-electron chi connectivity index (χ1n) is 5.79. The van der Waals surface area contributed by atoms with E-state index >= 15 is 0 Å². The second-order valence-corrected chi connectivity index (χ2v) is 4.91. The summed E-state index contributed by atoms with van der Waals surface area (Å²) in [6, 6.07) is 1.51. The van der Waals surface area contributed by atoms with Crippen molar-refractivity contribution >= 4 is 28.5 Å². The van der Waals surface area contributed by atoms with Gasteiger partial charge in [-0.3, -0.25) is 10.1 Å². The molecular formula is C13H8ClFN2O3. The number of rotatable bonds is 1. The quantitative estimate of drug-likeness (QED) is 0.629. The summed E-state index contributed by atoms with van der Waals surface area (Å²) in [5, 5.41) is 21.0. The fourth-order valence-corrected chi connectivity index (χ4v) is 2.45. The maximum atomic E-state index is 13.9. The Hall–Kier alpha value is -2.21. The van der Waals surface area contributed by atoms with E-state index in [9.17, 15) is 19.6 Å². The van der Waals surface area contributed by atoms with Gasteiger partial charge in [0.25, 0.3) is 5.70 Å². The van der Waals surface area contributed by atoms with Gasteiger partial charge in [-0.15, -0.1) is 0 Å².